The Morgan fingerprint density at radius 2 is 2.23 bits per heavy atom. The Labute approximate surface area is 154 Å². The van der Waals surface area contributed by atoms with Crippen molar-refractivity contribution in [1.82, 2.24) is 19.5 Å². The van der Waals surface area contributed by atoms with Crippen molar-refractivity contribution in [2.24, 2.45) is 0 Å². The van der Waals surface area contributed by atoms with E-state index in [0.29, 0.717) is 40.0 Å². The molecular formula is C17H18ClN5O3. The van der Waals surface area contributed by atoms with Gasteiger partial charge in [0.05, 0.1) is 24.1 Å². The minimum Gasteiger partial charge on any atom is -0.497 e. The second-order valence-electron chi connectivity index (χ2n) is 5.99. The van der Waals surface area contributed by atoms with Crippen LogP contribution in [0.2, 0.25) is 5.02 Å². The van der Waals surface area contributed by atoms with Crippen LogP contribution in [0.5, 0.6) is 11.8 Å². The first kappa shape index (κ1) is 16.9. The number of aromatic nitrogens is 4. The number of methoxy groups -OCH3 is 1. The molecule has 0 bridgehead atoms. The molecule has 9 heteroatoms. The number of ether oxygens (including phenoxy) is 2. The molecule has 0 radical (unpaired) electrons. The molecule has 1 aromatic carbocycles. The van der Waals surface area contributed by atoms with Crippen LogP contribution in [0.15, 0.2) is 24.5 Å². The van der Waals surface area contributed by atoms with Gasteiger partial charge in [-0.3, -0.25) is 4.57 Å². The molecular weight excluding hydrogens is 358 g/mol. The molecule has 26 heavy (non-hydrogen) atoms. The molecule has 0 spiro atoms. The van der Waals surface area contributed by atoms with E-state index in [-0.39, 0.29) is 12.2 Å². The van der Waals surface area contributed by atoms with E-state index >= 15 is 0 Å². The zero-order valence-electron chi connectivity index (χ0n) is 14.1. The molecule has 1 unspecified atom stereocenters. The number of aromatic hydroxyl groups is 1. The van der Waals surface area contributed by atoms with Gasteiger partial charge in [0.25, 0.3) is 0 Å². The fourth-order valence-corrected chi connectivity index (χ4v) is 3.22. The van der Waals surface area contributed by atoms with Crippen LogP contribution in [-0.2, 0) is 4.74 Å². The number of imidazole rings is 1. The number of halogens is 1. The van der Waals surface area contributed by atoms with Crippen LogP contribution in [0.4, 0.5) is 11.5 Å². The summed E-state index contributed by atoms with van der Waals surface area (Å²) < 4.78 is 12.8. The van der Waals surface area contributed by atoms with Crippen LogP contribution in [0, 0.1) is 0 Å². The highest BCUT2D eigenvalue weighted by Gasteiger charge is 2.21. The smallest absolute Gasteiger partial charge is 0.318 e. The molecule has 1 aliphatic rings. The first-order valence-corrected chi connectivity index (χ1v) is 8.69. The lowest BCUT2D eigenvalue weighted by molar-refractivity contribution is -0.0298. The van der Waals surface area contributed by atoms with E-state index in [4.69, 9.17) is 21.1 Å². The quantitative estimate of drug-likeness (QED) is 0.718. The lowest BCUT2D eigenvalue weighted by Crippen LogP contribution is -2.17. The molecule has 2 aromatic heterocycles. The Bertz CT molecular complexity index is 940. The zero-order chi connectivity index (χ0) is 18.1. The van der Waals surface area contributed by atoms with Crippen molar-refractivity contribution in [2.75, 3.05) is 19.0 Å². The van der Waals surface area contributed by atoms with Gasteiger partial charge in [-0.2, -0.15) is 9.97 Å². The van der Waals surface area contributed by atoms with Gasteiger partial charge < -0.3 is 19.9 Å². The Balaban J connectivity index is 1.72. The summed E-state index contributed by atoms with van der Waals surface area (Å²) in [4.78, 5) is 12.6. The predicted octanol–water partition coefficient (Wildman–Crippen LogP) is 3.64. The van der Waals surface area contributed by atoms with Crippen molar-refractivity contribution >= 4 is 34.3 Å². The van der Waals surface area contributed by atoms with Gasteiger partial charge >= 0.3 is 6.01 Å². The summed E-state index contributed by atoms with van der Waals surface area (Å²) in [5.74, 6) is 1.02. The fourth-order valence-electron chi connectivity index (χ4n) is 3.00. The molecule has 1 fully saturated rings. The first-order chi connectivity index (χ1) is 12.7. The molecule has 1 aliphatic heterocycles. The largest absolute Gasteiger partial charge is 0.497 e. The number of rotatable bonds is 4. The normalized spacial score (nSPS) is 17.4. The second-order valence-corrected chi connectivity index (χ2v) is 6.40. The predicted molar refractivity (Wildman–Crippen MR) is 97.1 cm³/mol. The maximum absolute atomic E-state index is 9.98. The summed E-state index contributed by atoms with van der Waals surface area (Å²) in [7, 11) is 1.57. The van der Waals surface area contributed by atoms with Gasteiger partial charge in [0.2, 0.25) is 0 Å². The van der Waals surface area contributed by atoms with Crippen LogP contribution in [0.25, 0.3) is 11.2 Å². The standard InChI is InChI=1S/C17H18ClN5O3/c1-25-10-5-6-12(11(18)8-10)20-15-14-16(22-17(24)21-15)23(9-19-14)13-4-2-3-7-26-13/h5-6,8-9,13H,2-4,7H2,1H3,(H2,20,21,22,24). The summed E-state index contributed by atoms with van der Waals surface area (Å²) in [6.07, 6.45) is 4.53. The molecule has 2 N–H and O–H groups in total. The Kier molecular flexibility index (Phi) is 4.52. The third kappa shape index (κ3) is 3.13. The van der Waals surface area contributed by atoms with Gasteiger partial charge in [0.1, 0.15) is 12.0 Å². The highest BCUT2D eigenvalue weighted by Crippen LogP contribution is 2.33. The minimum absolute atomic E-state index is 0.138. The highest BCUT2D eigenvalue weighted by molar-refractivity contribution is 6.33. The van der Waals surface area contributed by atoms with Crippen molar-refractivity contribution in [2.45, 2.75) is 25.5 Å². The van der Waals surface area contributed by atoms with Crippen LogP contribution in [0.3, 0.4) is 0 Å². The molecule has 0 amide bonds. The maximum Gasteiger partial charge on any atom is 0.318 e. The number of benzene rings is 1. The summed E-state index contributed by atoms with van der Waals surface area (Å²) in [6.45, 7) is 0.702. The van der Waals surface area contributed by atoms with E-state index in [9.17, 15) is 5.11 Å². The lowest BCUT2D eigenvalue weighted by atomic mass is 10.2. The van der Waals surface area contributed by atoms with Gasteiger partial charge in [-0.15, -0.1) is 0 Å². The second kappa shape index (κ2) is 6.97. The molecule has 3 aromatic rings. The van der Waals surface area contributed by atoms with Crippen LogP contribution >= 0.6 is 11.6 Å². The van der Waals surface area contributed by atoms with E-state index in [0.717, 1.165) is 19.3 Å². The Hall–Kier alpha value is -2.58. The Morgan fingerprint density at radius 3 is 2.96 bits per heavy atom. The fraction of sp³-hybridized carbons (Fsp3) is 0.353. The molecule has 4 rings (SSSR count). The number of nitrogens with one attached hydrogen (secondary N) is 1. The molecule has 3 heterocycles. The van der Waals surface area contributed by atoms with Crippen LogP contribution < -0.4 is 10.1 Å². The molecule has 1 atom stereocenters. The van der Waals surface area contributed by atoms with Gasteiger partial charge in [0, 0.05) is 12.7 Å². The number of nitrogens with zero attached hydrogens (tertiary/aromatic N) is 4. The van der Waals surface area contributed by atoms with E-state index < -0.39 is 0 Å². The monoisotopic (exact) mass is 375 g/mol. The SMILES string of the molecule is COc1ccc(Nc2nc(O)nc3c2ncn3C2CCCCO2)c(Cl)c1. The van der Waals surface area contributed by atoms with Gasteiger partial charge in [0.15, 0.2) is 17.0 Å². The molecule has 0 saturated carbocycles. The van der Waals surface area contributed by atoms with E-state index in [1.54, 1.807) is 31.6 Å². The van der Waals surface area contributed by atoms with E-state index in [1.165, 1.54) is 0 Å². The van der Waals surface area contributed by atoms with Crippen molar-refractivity contribution in [3.05, 3.63) is 29.5 Å². The highest BCUT2D eigenvalue weighted by atomic mass is 35.5. The van der Waals surface area contributed by atoms with Crippen molar-refractivity contribution in [3.8, 4) is 11.8 Å². The molecule has 1 saturated heterocycles. The van der Waals surface area contributed by atoms with Gasteiger partial charge in [-0.1, -0.05) is 11.6 Å². The summed E-state index contributed by atoms with van der Waals surface area (Å²) >= 11 is 6.28. The van der Waals surface area contributed by atoms with Crippen molar-refractivity contribution in [1.29, 1.82) is 0 Å². The topological polar surface area (TPSA) is 94.3 Å². The van der Waals surface area contributed by atoms with Crippen molar-refractivity contribution < 1.29 is 14.6 Å². The summed E-state index contributed by atoms with van der Waals surface area (Å²) in [5, 5.41) is 13.6. The third-order valence-corrected chi connectivity index (χ3v) is 4.62. The Morgan fingerprint density at radius 1 is 1.35 bits per heavy atom. The molecule has 8 nitrogen and oxygen atoms in total. The number of anilines is 2. The number of hydrogen-bond acceptors (Lipinski definition) is 7. The van der Waals surface area contributed by atoms with Crippen LogP contribution in [-0.4, -0.2) is 38.3 Å². The van der Waals surface area contributed by atoms with E-state index in [2.05, 4.69) is 20.3 Å². The number of hydrogen-bond donors (Lipinski definition) is 2. The number of fused-ring (bicyclic) bond motifs is 1. The van der Waals surface area contributed by atoms with Crippen molar-refractivity contribution in [3.63, 3.8) is 0 Å². The van der Waals surface area contributed by atoms with Gasteiger partial charge in [-0.25, -0.2) is 4.98 Å². The summed E-state index contributed by atoms with van der Waals surface area (Å²) in [5.41, 5.74) is 1.66. The average molecular weight is 376 g/mol. The minimum atomic E-state index is -0.345. The van der Waals surface area contributed by atoms with E-state index in [1.807, 2.05) is 4.57 Å². The lowest BCUT2D eigenvalue weighted by Gasteiger charge is -2.23. The third-order valence-electron chi connectivity index (χ3n) is 4.30. The zero-order valence-corrected chi connectivity index (χ0v) is 14.9. The molecule has 0 aliphatic carbocycles. The average Bonchev–Trinajstić information content (AvgIpc) is 3.08. The first-order valence-electron chi connectivity index (χ1n) is 8.31. The van der Waals surface area contributed by atoms with Gasteiger partial charge in [-0.05, 0) is 31.4 Å². The molecule has 136 valence electrons. The van der Waals surface area contributed by atoms with Crippen LogP contribution in [0.1, 0.15) is 25.5 Å². The summed E-state index contributed by atoms with van der Waals surface area (Å²) in [6, 6.07) is 4.90. The maximum atomic E-state index is 9.98.